The quantitative estimate of drug-likeness (QED) is 0.659. The van der Waals surface area contributed by atoms with Crippen LogP contribution in [0, 0.1) is 0 Å². The number of hydrogen-bond acceptors (Lipinski definition) is 5. The zero-order valence-electron chi connectivity index (χ0n) is 12.0. The summed E-state index contributed by atoms with van der Waals surface area (Å²) in [5.41, 5.74) is 6.50. The van der Waals surface area contributed by atoms with Gasteiger partial charge in [-0.2, -0.15) is 0 Å². The minimum absolute atomic E-state index is 0.710. The highest BCUT2D eigenvalue weighted by Gasteiger charge is 2.12. The third-order valence-corrected chi connectivity index (χ3v) is 2.93. The maximum Gasteiger partial charge on any atom is 0.129 e. The fraction of sp³-hybridized carbons (Fsp3) is 0.571. The minimum atomic E-state index is 0.710. The molecule has 5 heteroatoms. The molecule has 108 valence electrons. The zero-order chi connectivity index (χ0) is 14.1. The average molecular weight is 268 g/mol. The maximum atomic E-state index is 5.45. The summed E-state index contributed by atoms with van der Waals surface area (Å²) in [6.07, 6.45) is 1.82. The molecule has 1 aromatic carbocycles. The van der Waals surface area contributed by atoms with Crippen molar-refractivity contribution in [3.05, 3.63) is 17.7 Å². The summed E-state index contributed by atoms with van der Waals surface area (Å²) in [4.78, 5) is 0. The second-order valence-electron chi connectivity index (χ2n) is 4.15. The van der Waals surface area contributed by atoms with Gasteiger partial charge < -0.3 is 25.3 Å². The van der Waals surface area contributed by atoms with E-state index in [4.69, 9.17) is 19.9 Å². The van der Waals surface area contributed by atoms with E-state index in [2.05, 4.69) is 5.32 Å². The molecular formula is C14H24N2O3. The summed E-state index contributed by atoms with van der Waals surface area (Å²) in [5.74, 6) is 2.31. The molecule has 19 heavy (non-hydrogen) atoms. The first-order chi connectivity index (χ1) is 9.26. The molecule has 0 saturated carbocycles. The summed E-state index contributed by atoms with van der Waals surface area (Å²) in [7, 11) is 4.93. The minimum Gasteiger partial charge on any atom is -0.496 e. The lowest BCUT2D eigenvalue weighted by Gasteiger charge is -2.15. The molecule has 0 amide bonds. The Kier molecular flexibility index (Phi) is 7.07. The van der Waals surface area contributed by atoms with E-state index in [-0.39, 0.29) is 0 Å². The summed E-state index contributed by atoms with van der Waals surface area (Å²) in [6, 6.07) is 3.75. The van der Waals surface area contributed by atoms with Crippen molar-refractivity contribution in [3.63, 3.8) is 0 Å². The van der Waals surface area contributed by atoms with E-state index in [1.54, 1.807) is 21.3 Å². The molecule has 0 bridgehead atoms. The number of nitrogens with one attached hydrogen (secondary N) is 1. The van der Waals surface area contributed by atoms with E-state index in [1.165, 1.54) is 0 Å². The highest BCUT2D eigenvalue weighted by atomic mass is 16.5. The van der Waals surface area contributed by atoms with Gasteiger partial charge in [0.15, 0.2) is 0 Å². The molecule has 0 atom stereocenters. The number of rotatable bonds is 9. The Balaban J connectivity index is 2.73. The van der Waals surface area contributed by atoms with Crippen LogP contribution in [0.15, 0.2) is 12.1 Å². The summed E-state index contributed by atoms with van der Waals surface area (Å²) in [5, 5.41) is 3.34. The van der Waals surface area contributed by atoms with Crippen LogP contribution in [0.3, 0.4) is 0 Å². The van der Waals surface area contributed by atoms with Crippen LogP contribution in [0.4, 0.5) is 0 Å². The lowest BCUT2D eigenvalue weighted by atomic mass is 10.1. The van der Waals surface area contributed by atoms with Crippen LogP contribution in [0.25, 0.3) is 0 Å². The van der Waals surface area contributed by atoms with E-state index < -0.39 is 0 Å². The SMILES string of the molecule is COc1cc(OC)c(CCNCCCN)c(OC)c1. The van der Waals surface area contributed by atoms with Crippen molar-refractivity contribution in [2.45, 2.75) is 12.8 Å². The number of benzene rings is 1. The molecule has 0 unspecified atom stereocenters. The van der Waals surface area contributed by atoms with Crippen LogP contribution in [0.1, 0.15) is 12.0 Å². The number of ether oxygens (including phenoxy) is 3. The van der Waals surface area contributed by atoms with Gasteiger partial charge in [0.05, 0.1) is 21.3 Å². The zero-order valence-corrected chi connectivity index (χ0v) is 12.0. The highest BCUT2D eigenvalue weighted by Crippen LogP contribution is 2.34. The third kappa shape index (κ3) is 4.61. The molecule has 1 rings (SSSR count). The van der Waals surface area contributed by atoms with Crippen molar-refractivity contribution in [3.8, 4) is 17.2 Å². The van der Waals surface area contributed by atoms with E-state index >= 15 is 0 Å². The average Bonchev–Trinajstić information content (AvgIpc) is 2.46. The smallest absolute Gasteiger partial charge is 0.129 e. The molecule has 5 nitrogen and oxygen atoms in total. The molecule has 0 heterocycles. The van der Waals surface area contributed by atoms with Gasteiger partial charge in [-0.15, -0.1) is 0 Å². The lowest BCUT2D eigenvalue weighted by Crippen LogP contribution is -2.21. The van der Waals surface area contributed by atoms with Crippen molar-refractivity contribution >= 4 is 0 Å². The first-order valence-corrected chi connectivity index (χ1v) is 6.46. The molecule has 0 aliphatic rings. The fourth-order valence-corrected chi connectivity index (χ4v) is 1.89. The number of hydrogen-bond donors (Lipinski definition) is 2. The van der Waals surface area contributed by atoms with E-state index in [9.17, 15) is 0 Å². The van der Waals surface area contributed by atoms with Gasteiger partial charge in [0.1, 0.15) is 17.2 Å². The normalized spacial score (nSPS) is 10.3. The molecule has 3 N–H and O–H groups in total. The molecule has 0 aliphatic heterocycles. The molecule has 0 aromatic heterocycles. The van der Waals surface area contributed by atoms with Gasteiger partial charge in [0.2, 0.25) is 0 Å². The summed E-state index contributed by atoms with van der Waals surface area (Å²) < 4.78 is 16.0. The standard InChI is InChI=1S/C14H24N2O3/c1-17-11-9-13(18-2)12(14(10-11)19-3)5-8-16-7-4-6-15/h9-10,16H,4-8,15H2,1-3H3. The van der Waals surface area contributed by atoms with Crippen LogP contribution < -0.4 is 25.3 Å². The van der Waals surface area contributed by atoms with Crippen LogP contribution in [0.5, 0.6) is 17.2 Å². The van der Waals surface area contributed by atoms with Gasteiger partial charge in [-0.1, -0.05) is 0 Å². The number of methoxy groups -OCH3 is 3. The third-order valence-electron chi connectivity index (χ3n) is 2.93. The predicted molar refractivity (Wildman–Crippen MR) is 76.3 cm³/mol. The molecule has 1 aromatic rings. The summed E-state index contributed by atoms with van der Waals surface area (Å²) in [6.45, 7) is 2.50. The second-order valence-corrected chi connectivity index (χ2v) is 4.15. The summed E-state index contributed by atoms with van der Waals surface area (Å²) >= 11 is 0. The van der Waals surface area contributed by atoms with E-state index in [0.717, 1.165) is 48.7 Å². The Bertz CT molecular complexity index is 358. The molecule has 0 spiro atoms. The molecule has 0 saturated heterocycles. The Labute approximate surface area is 115 Å². The highest BCUT2D eigenvalue weighted by molar-refractivity contribution is 5.50. The maximum absolute atomic E-state index is 5.45. The second kappa shape index (κ2) is 8.61. The number of nitrogens with two attached hydrogens (primary N) is 1. The van der Waals surface area contributed by atoms with Crippen LogP contribution >= 0.6 is 0 Å². The topological polar surface area (TPSA) is 65.7 Å². The van der Waals surface area contributed by atoms with Crippen LogP contribution in [-0.4, -0.2) is 41.0 Å². The van der Waals surface area contributed by atoms with E-state index in [0.29, 0.717) is 6.54 Å². The Morgan fingerprint density at radius 3 is 2.11 bits per heavy atom. The first kappa shape index (κ1) is 15.6. The Morgan fingerprint density at radius 1 is 1.00 bits per heavy atom. The monoisotopic (exact) mass is 268 g/mol. The van der Waals surface area contributed by atoms with Crippen LogP contribution in [0.2, 0.25) is 0 Å². The van der Waals surface area contributed by atoms with Gasteiger partial charge in [-0.25, -0.2) is 0 Å². The van der Waals surface area contributed by atoms with Gasteiger partial charge in [-0.3, -0.25) is 0 Å². The van der Waals surface area contributed by atoms with E-state index in [1.807, 2.05) is 12.1 Å². The van der Waals surface area contributed by atoms with Gasteiger partial charge >= 0.3 is 0 Å². The lowest BCUT2D eigenvalue weighted by molar-refractivity contribution is 0.368. The van der Waals surface area contributed by atoms with Crippen molar-refractivity contribution in [2.24, 2.45) is 5.73 Å². The van der Waals surface area contributed by atoms with Gasteiger partial charge in [0.25, 0.3) is 0 Å². The molecule has 0 radical (unpaired) electrons. The Hall–Kier alpha value is -1.46. The molecule has 0 aliphatic carbocycles. The van der Waals surface area contributed by atoms with Crippen molar-refractivity contribution < 1.29 is 14.2 Å². The van der Waals surface area contributed by atoms with Crippen molar-refractivity contribution in [1.82, 2.24) is 5.32 Å². The van der Waals surface area contributed by atoms with Crippen LogP contribution in [-0.2, 0) is 6.42 Å². The van der Waals surface area contributed by atoms with Crippen molar-refractivity contribution in [2.75, 3.05) is 41.0 Å². The van der Waals surface area contributed by atoms with Crippen molar-refractivity contribution in [1.29, 1.82) is 0 Å². The molecular weight excluding hydrogens is 244 g/mol. The predicted octanol–water partition coefficient (Wildman–Crippen LogP) is 1.19. The Morgan fingerprint density at radius 2 is 1.63 bits per heavy atom. The fourth-order valence-electron chi connectivity index (χ4n) is 1.89. The van der Waals surface area contributed by atoms with Gasteiger partial charge in [-0.05, 0) is 32.5 Å². The largest absolute Gasteiger partial charge is 0.496 e. The first-order valence-electron chi connectivity index (χ1n) is 6.46. The molecule has 0 fully saturated rings. The van der Waals surface area contributed by atoms with Gasteiger partial charge in [0, 0.05) is 17.7 Å².